The maximum atomic E-state index is 7.75. The van der Waals surface area contributed by atoms with Gasteiger partial charge in [0, 0.05) is 19.5 Å². The number of nitrogens with zero attached hydrogens (tertiary/aromatic N) is 1. The van der Waals surface area contributed by atoms with E-state index in [1.165, 1.54) is 32.2 Å². The molecule has 1 aliphatic carbocycles. The van der Waals surface area contributed by atoms with Crippen molar-refractivity contribution in [2.75, 3.05) is 13.1 Å². The first-order valence-corrected chi connectivity index (χ1v) is 5.58. The zero-order valence-corrected chi connectivity index (χ0v) is 8.55. The molecule has 74 valence electrons. The van der Waals surface area contributed by atoms with E-state index in [1.54, 1.807) is 0 Å². The highest BCUT2D eigenvalue weighted by molar-refractivity contribution is 5.80. The Balaban J connectivity index is 1.81. The number of hydrogen-bond donors (Lipinski definition) is 1. The van der Waals surface area contributed by atoms with Crippen LogP contribution in [0.5, 0.6) is 0 Å². The number of amidine groups is 1. The predicted molar refractivity (Wildman–Crippen MR) is 55.0 cm³/mol. The third kappa shape index (κ3) is 2.04. The van der Waals surface area contributed by atoms with E-state index in [1.807, 2.05) is 0 Å². The fourth-order valence-electron chi connectivity index (χ4n) is 2.73. The van der Waals surface area contributed by atoms with E-state index in [2.05, 4.69) is 11.8 Å². The van der Waals surface area contributed by atoms with Crippen LogP contribution in [-0.4, -0.2) is 23.8 Å². The average Bonchev–Trinajstić information content (AvgIpc) is 2.64. The molecule has 2 heteroatoms. The van der Waals surface area contributed by atoms with Gasteiger partial charge in [0.15, 0.2) is 0 Å². The number of likely N-dealkylation sites (tertiary alicyclic amines) is 1. The quantitative estimate of drug-likeness (QED) is 0.694. The van der Waals surface area contributed by atoms with Crippen molar-refractivity contribution in [3.8, 4) is 0 Å². The standard InChI is InChI=1S/C11H20N2/c1-9-4-5-10(7-9)8-13-6-2-3-11(13)12/h9-10,12H,2-8H2,1H3. The molecule has 1 N–H and O–H groups in total. The average molecular weight is 180 g/mol. The molecule has 2 aliphatic rings. The monoisotopic (exact) mass is 180 g/mol. The van der Waals surface area contributed by atoms with Crippen LogP contribution in [0.2, 0.25) is 0 Å². The van der Waals surface area contributed by atoms with Crippen LogP contribution in [0.25, 0.3) is 0 Å². The maximum Gasteiger partial charge on any atom is 0.0958 e. The van der Waals surface area contributed by atoms with Crippen LogP contribution >= 0.6 is 0 Å². The first kappa shape index (κ1) is 9.04. The second kappa shape index (κ2) is 3.69. The normalized spacial score (nSPS) is 34.5. The molecule has 2 rings (SSSR count). The van der Waals surface area contributed by atoms with Crippen molar-refractivity contribution >= 4 is 5.84 Å². The second-order valence-corrected chi connectivity index (χ2v) is 4.78. The van der Waals surface area contributed by atoms with Gasteiger partial charge in [-0.1, -0.05) is 13.3 Å². The number of rotatable bonds is 2. The molecule has 1 heterocycles. The van der Waals surface area contributed by atoms with Crippen LogP contribution in [0.1, 0.15) is 39.0 Å². The zero-order valence-electron chi connectivity index (χ0n) is 8.55. The molecule has 1 aliphatic heterocycles. The third-order valence-corrected chi connectivity index (χ3v) is 3.51. The minimum absolute atomic E-state index is 0.883. The van der Waals surface area contributed by atoms with Crippen LogP contribution in [0.3, 0.4) is 0 Å². The highest BCUT2D eigenvalue weighted by Gasteiger charge is 2.25. The zero-order chi connectivity index (χ0) is 9.26. The minimum atomic E-state index is 0.883. The smallest absolute Gasteiger partial charge is 0.0958 e. The van der Waals surface area contributed by atoms with Gasteiger partial charge < -0.3 is 4.90 Å². The summed E-state index contributed by atoms with van der Waals surface area (Å²) in [7, 11) is 0. The van der Waals surface area contributed by atoms with Crippen LogP contribution < -0.4 is 0 Å². The molecule has 2 unspecified atom stereocenters. The SMILES string of the molecule is CC1CCC(CN2CCCC2=N)C1. The van der Waals surface area contributed by atoms with Gasteiger partial charge in [-0.25, -0.2) is 0 Å². The van der Waals surface area contributed by atoms with Gasteiger partial charge in [0.25, 0.3) is 0 Å². The Bertz CT molecular complexity index is 200. The lowest BCUT2D eigenvalue weighted by atomic mass is 10.1. The summed E-state index contributed by atoms with van der Waals surface area (Å²) in [4.78, 5) is 2.29. The van der Waals surface area contributed by atoms with Crippen molar-refractivity contribution in [2.45, 2.75) is 39.0 Å². The summed E-state index contributed by atoms with van der Waals surface area (Å²) in [6, 6.07) is 0. The number of nitrogens with one attached hydrogen (secondary N) is 1. The van der Waals surface area contributed by atoms with Crippen molar-refractivity contribution in [1.82, 2.24) is 4.90 Å². The van der Waals surface area contributed by atoms with Gasteiger partial charge in [-0.2, -0.15) is 0 Å². The van der Waals surface area contributed by atoms with Crippen molar-refractivity contribution in [3.63, 3.8) is 0 Å². The Kier molecular flexibility index (Phi) is 2.56. The van der Waals surface area contributed by atoms with E-state index < -0.39 is 0 Å². The minimum Gasteiger partial charge on any atom is -0.360 e. The molecule has 0 aromatic heterocycles. The molecule has 0 radical (unpaired) electrons. The highest BCUT2D eigenvalue weighted by atomic mass is 15.2. The van der Waals surface area contributed by atoms with E-state index in [9.17, 15) is 0 Å². The van der Waals surface area contributed by atoms with Crippen molar-refractivity contribution < 1.29 is 0 Å². The van der Waals surface area contributed by atoms with Crippen molar-refractivity contribution in [1.29, 1.82) is 5.41 Å². The summed E-state index contributed by atoms with van der Waals surface area (Å²) in [6.45, 7) is 4.67. The Labute approximate surface area is 80.8 Å². The van der Waals surface area contributed by atoms with Crippen molar-refractivity contribution in [3.05, 3.63) is 0 Å². The van der Waals surface area contributed by atoms with Crippen molar-refractivity contribution in [2.24, 2.45) is 11.8 Å². The van der Waals surface area contributed by atoms with Crippen LogP contribution in [0, 0.1) is 17.2 Å². The van der Waals surface area contributed by atoms with Gasteiger partial charge in [0.1, 0.15) is 0 Å². The van der Waals surface area contributed by atoms with E-state index in [0.717, 1.165) is 30.6 Å². The number of hydrogen-bond acceptors (Lipinski definition) is 1. The van der Waals surface area contributed by atoms with Gasteiger partial charge >= 0.3 is 0 Å². The predicted octanol–water partition coefficient (Wildman–Crippen LogP) is 2.50. The lowest BCUT2D eigenvalue weighted by Gasteiger charge is -2.21. The van der Waals surface area contributed by atoms with E-state index >= 15 is 0 Å². The molecule has 0 aromatic carbocycles. The molecule has 0 aromatic rings. The summed E-state index contributed by atoms with van der Waals surface area (Å²) < 4.78 is 0. The van der Waals surface area contributed by atoms with Crippen LogP contribution in [0.15, 0.2) is 0 Å². The first-order valence-electron chi connectivity index (χ1n) is 5.58. The molecule has 0 bridgehead atoms. The Hall–Kier alpha value is -0.530. The highest BCUT2D eigenvalue weighted by Crippen LogP contribution is 2.31. The fourth-order valence-corrected chi connectivity index (χ4v) is 2.73. The van der Waals surface area contributed by atoms with E-state index in [4.69, 9.17) is 5.41 Å². The first-order chi connectivity index (χ1) is 6.25. The molecule has 0 amide bonds. The second-order valence-electron chi connectivity index (χ2n) is 4.78. The molecule has 2 nitrogen and oxygen atoms in total. The largest absolute Gasteiger partial charge is 0.360 e. The lowest BCUT2D eigenvalue weighted by Crippen LogP contribution is -2.29. The summed E-state index contributed by atoms with van der Waals surface area (Å²) in [5, 5.41) is 7.75. The maximum absolute atomic E-state index is 7.75. The molecule has 1 saturated carbocycles. The fraction of sp³-hybridized carbons (Fsp3) is 0.909. The molecule has 2 fully saturated rings. The van der Waals surface area contributed by atoms with Gasteiger partial charge in [-0.3, -0.25) is 5.41 Å². The summed E-state index contributed by atoms with van der Waals surface area (Å²) in [5.74, 6) is 2.70. The topological polar surface area (TPSA) is 27.1 Å². The van der Waals surface area contributed by atoms with Gasteiger partial charge in [0.2, 0.25) is 0 Å². The molecule has 1 saturated heterocycles. The van der Waals surface area contributed by atoms with Gasteiger partial charge in [-0.15, -0.1) is 0 Å². The van der Waals surface area contributed by atoms with Gasteiger partial charge in [0.05, 0.1) is 5.84 Å². The Morgan fingerprint density at radius 3 is 2.85 bits per heavy atom. The summed E-state index contributed by atoms with van der Waals surface area (Å²) in [6.07, 6.45) is 6.42. The molecular weight excluding hydrogens is 160 g/mol. The molecule has 13 heavy (non-hydrogen) atoms. The third-order valence-electron chi connectivity index (χ3n) is 3.51. The summed E-state index contributed by atoms with van der Waals surface area (Å²) >= 11 is 0. The van der Waals surface area contributed by atoms with Crippen LogP contribution in [0.4, 0.5) is 0 Å². The Morgan fingerprint density at radius 2 is 2.31 bits per heavy atom. The van der Waals surface area contributed by atoms with E-state index in [0.29, 0.717) is 0 Å². The lowest BCUT2D eigenvalue weighted by molar-refractivity contribution is 0.354. The van der Waals surface area contributed by atoms with E-state index in [-0.39, 0.29) is 0 Å². The summed E-state index contributed by atoms with van der Waals surface area (Å²) in [5.41, 5.74) is 0. The molecule has 0 spiro atoms. The van der Waals surface area contributed by atoms with Crippen LogP contribution in [-0.2, 0) is 0 Å². The molecule has 2 atom stereocenters. The Morgan fingerprint density at radius 1 is 1.46 bits per heavy atom. The van der Waals surface area contributed by atoms with Gasteiger partial charge in [-0.05, 0) is 31.1 Å². The molecular formula is C11H20N2.